The molecule has 0 radical (unpaired) electrons. The summed E-state index contributed by atoms with van der Waals surface area (Å²) in [5, 5.41) is 5.54. The van der Waals surface area contributed by atoms with Crippen LogP contribution in [0.1, 0.15) is 16.1 Å². The lowest BCUT2D eigenvalue weighted by molar-refractivity contribution is -0.118. The van der Waals surface area contributed by atoms with Crippen molar-refractivity contribution < 1.29 is 19.1 Å². The lowest BCUT2D eigenvalue weighted by Crippen LogP contribution is -2.25. The molecule has 0 fully saturated rings. The van der Waals surface area contributed by atoms with Gasteiger partial charge in [-0.25, -0.2) is 4.98 Å². The molecule has 5 rings (SSSR count). The number of nitrogens with one attached hydrogen (secondary N) is 2. The summed E-state index contributed by atoms with van der Waals surface area (Å²) in [6.07, 6.45) is 3.85. The number of hydrogen-bond acceptors (Lipinski definition) is 5. The fraction of sp³-hybridized carbons (Fsp3) is 0.0870. The monoisotopic (exact) mass is 414 g/mol. The molecule has 2 aromatic carbocycles. The number of imidazole rings is 1. The largest absolute Gasteiger partial charge is 0.487 e. The molecule has 2 aromatic heterocycles. The number of rotatable bonds is 5. The Hall–Kier alpha value is -4.33. The van der Waals surface area contributed by atoms with Crippen molar-refractivity contribution in [3.63, 3.8) is 0 Å². The van der Waals surface area contributed by atoms with Crippen LogP contribution in [0.4, 0.5) is 11.4 Å². The van der Waals surface area contributed by atoms with E-state index in [0.717, 1.165) is 11.3 Å². The van der Waals surface area contributed by atoms with Gasteiger partial charge in [-0.1, -0.05) is 12.1 Å². The molecule has 0 unspecified atom stereocenters. The number of aromatic nitrogens is 2. The molecule has 31 heavy (non-hydrogen) atoms. The van der Waals surface area contributed by atoms with Crippen LogP contribution in [0.3, 0.4) is 0 Å². The predicted octanol–water partition coefficient (Wildman–Crippen LogP) is 3.50. The highest BCUT2D eigenvalue weighted by atomic mass is 16.5. The van der Waals surface area contributed by atoms with Gasteiger partial charge in [0.05, 0.1) is 11.4 Å². The number of nitrogens with zero attached hydrogens (tertiary/aromatic N) is 2. The van der Waals surface area contributed by atoms with Gasteiger partial charge in [0.1, 0.15) is 23.8 Å². The van der Waals surface area contributed by atoms with Crippen LogP contribution in [0, 0.1) is 0 Å². The standard InChI is InChI=1S/C23H18N4O4/c28-22-14-31-20-8-7-15(10-19(20)26-22)23(29)25-16-4-3-5-18(11-16)30-13-17-12-27-9-2-1-6-21(27)24-17/h1-12H,13-14H2,(H,25,29)(H,26,28). The lowest BCUT2D eigenvalue weighted by atomic mass is 10.1. The number of pyridine rings is 1. The van der Waals surface area contributed by atoms with Gasteiger partial charge in [-0.2, -0.15) is 0 Å². The van der Waals surface area contributed by atoms with Crippen LogP contribution in [0.25, 0.3) is 5.65 Å². The molecule has 3 heterocycles. The molecule has 0 saturated carbocycles. The molecule has 1 aliphatic rings. The first kappa shape index (κ1) is 18.7. The van der Waals surface area contributed by atoms with Gasteiger partial charge in [0.2, 0.25) is 0 Å². The molecule has 0 saturated heterocycles. The van der Waals surface area contributed by atoms with Gasteiger partial charge < -0.3 is 24.5 Å². The summed E-state index contributed by atoms with van der Waals surface area (Å²) in [6, 6.07) is 17.8. The van der Waals surface area contributed by atoms with Gasteiger partial charge in [0.15, 0.2) is 6.61 Å². The minimum absolute atomic E-state index is 0.0275. The highest BCUT2D eigenvalue weighted by Crippen LogP contribution is 2.29. The first-order chi connectivity index (χ1) is 15.1. The molecule has 0 aliphatic carbocycles. The molecule has 0 bridgehead atoms. The third-order valence-electron chi connectivity index (χ3n) is 4.77. The Balaban J connectivity index is 1.26. The summed E-state index contributed by atoms with van der Waals surface area (Å²) >= 11 is 0. The van der Waals surface area contributed by atoms with Crippen molar-refractivity contribution in [3.05, 3.63) is 84.3 Å². The zero-order valence-corrected chi connectivity index (χ0v) is 16.4. The van der Waals surface area contributed by atoms with E-state index in [2.05, 4.69) is 15.6 Å². The Morgan fingerprint density at radius 1 is 1.16 bits per heavy atom. The summed E-state index contributed by atoms with van der Waals surface area (Å²) in [5.41, 5.74) is 3.14. The zero-order chi connectivity index (χ0) is 21.2. The van der Waals surface area contributed by atoms with Gasteiger partial charge in [-0.05, 0) is 42.5 Å². The van der Waals surface area contributed by atoms with Crippen LogP contribution in [-0.2, 0) is 11.4 Å². The third-order valence-corrected chi connectivity index (χ3v) is 4.77. The molecule has 8 nitrogen and oxygen atoms in total. The fourth-order valence-electron chi connectivity index (χ4n) is 3.31. The fourth-order valence-corrected chi connectivity index (χ4v) is 3.31. The van der Waals surface area contributed by atoms with Crippen LogP contribution in [0.2, 0.25) is 0 Å². The predicted molar refractivity (Wildman–Crippen MR) is 114 cm³/mol. The second-order valence-electron chi connectivity index (χ2n) is 7.02. The third kappa shape index (κ3) is 4.04. The van der Waals surface area contributed by atoms with Crippen molar-refractivity contribution in [1.29, 1.82) is 0 Å². The normalized spacial score (nSPS) is 12.6. The maximum absolute atomic E-state index is 12.7. The van der Waals surface area contributed by atoms with E-state index < -0.39 is 0 Å². The van der Waals surface area contributed by atoms with Gasteiger partial charge >= 0.3 is 0 Å². The molecule has 154 valence electrons. The molecule has 2 N–H and O–H groups in total. The highest BCUT2D eigenvalue weighted by molar-refractivity contribution is 6.06. The quantitative estimate of drug-likeness (QED) is 0.521. The summed E-state index contributed by atoms with van der Waals surface area (Å²) in [4.78, 5) is 28.7. The number of fused-ring (bicyclic) bond motifs is 2. The van der Waals surface area contributed by atoms with E-state index in [-0.39, 0.29) is 18.4 Å². The van der Waals surface area contributed by atoms with Gasteiger partial charge in [0.25, 0.3) is 11.8 Å². The average Bonchev–Trinajstić information content (AvgIpc) is 3.20. The zero-order valence-electron chi connectivity index (χ0n) is 16.4. The van der Waals surface area contributed by atoms with E-state index in [1.807, 2.05) is 41.1 Å². The van der Waals surface area contributed by atoms with E-state index in [4.69, 9.17) is 9.47 Å². The van der Waals surface area contributed by atoms with Gasteiger partial charge in [-0.15, -0.1) is 0 Å². The number of carbonyl (C=O) groups excluding carboxylic acids is 2. The van der Waals surface area contributed by atoms with Crippen LogP contribution in [-0.4, -0.2) is 27.8 Å². The highest BCUT2D eigenvalue weighted by Gasteiger charge is 2.18. The molecule has 2 amide bonds. The number of benzene rings is 2. The maximum Gasteiger partial charge on any atom is 0.262 e. The topological polar surface area (TPSA) is 94.0 Å². The second-order valence-corrected chi connectivity index (χ2v) is 7.02. The molecular weight excluding hydrogens is 396 g/mol. The Morgan fingerprint density at radius 3 is 3.00 bits per heavy atom. The summed E-state index contributed by atoms with van der Waals surface area (Å²) in [6.45, 7) is 0.282. The summed E-state index contributed by atoms with van der Waals surface area (Å²) < 4.78 is 13.1. The van der Waals surface area contributed by atoms with Crippen LogP contribution < -0.4 is 20.1 Å². The Morgan fingerprint density at radius 2 is 2.10 bits per heavy atom. The van der Waals surface area contributed by atoms with Crippen molar-refractivity contribution in [3.8, 4) is 11.5 Å². The van der Waals surface area contributed by atoms with Gasteiger partial charge in [-0.3, -0.25) is 9.59 Å². The molecule has 1 aliphatic heterocycles. The molecule has 0 atom stereocenters. The molecule has 8 heteroatoms. The van der Waals surface area contributed by atoms with E-state index >= 15 is 0 Å². The van der Waals surface area contributed by atoms with Crippen molar-refractivity contribution >= 4 is 28.8 Å². The summed E-state index contributed by atoms with van der Waals surface area (Å²) in [7, 11) is 0. The number of anilines is 2. The minimum atomic E-state index is -0.305. The van der Waals surface area contributed by atoms with Crippen LogP contribution in [0.15, 0.2) is 73.1 Å². The first-order valence-electron chi connectivity index (χ1n) is 9.67. The average molecular weight is 414 g/mol. The van der Waals surface area contributed by atoms with Crippen molar-refractivity contribution in [2.75, 3.05) is 17.2 Å². The van der Waals surface area contributed by atoms with Crippen molar-refractivity contribution in [1.82, 2.24) is 9.38 Å². The molecule has 4 aromatic rings. The Bertz CT molecular complexity index is 1260. The maximum atomic E-state index is 12.7. The lowest BCUT2D eigenvalue weighted by Gasteiger charge is -2.18. The number of carbonyl (C=O) groups is 2. The van der Waals surface area contributed by atoms with Gasteiger partial charge in [0, 0.05) is 29.7 Å². The Labute approximate surface area is 177 Å². The van der Waals surface area contributed by atoms with E-state index in [9.17, 15) is 9.59 Å². The Kier molecular flexibility index (Phi) is 4.72. The smallest absolute Gasteiger partial charge is 0.262 e. The number of ether oxygens (including phenoxy) is 2. The van der Waals surface area contributed by atoms with E-state index in [0.29, 0.717) is 35.0 Å². The number of hydrogen-bond donors (Lipinski definition) is 2. The van der Waals surface area contributed by atoms with Crippen molar-refractivity contribution in [2.45, 2.75) is 6.61 Å². The second kappa shape index (κ2) is 7.83. The minimum Gasteiger partial charge on any atom is -0.487 e. The molecular formula is C23H18N4O4. The summed E-state index contributed by atoms with van der Waals surface area (Å²) in [5.74, 6) is 0.597. The van der Waals surface area contributed by atoms with Crippen molar-refractivity contribution in [2.24, 2.45) is 0 Å². The van der Waals surface area contributed by atoms with Crippen LogP contribution in [0.5, 0.6) is 11.5 Å². The van der Waals surface area contributed by atoms with E-state index in [1.165, 1.54) is 0 Å². The van der Waals surface area contributed by atoms with Crippen LogP contribution >= 0.6 is 0 Å². The molecule has 0 spiro atoms. The SMILES string of the molecule is O=C1COc2ccc(C(=O)Nc3cccc(OCc4cn5ccccc5n4)c3)cc2N1. The first-order valence-corrected chi connectivity index (χ1v) is 9.67. The van der Waals surface area contributed by atoms with E-state index in [1.54, 1.807) is 36.4 Å². The number of amides is 2.